The van der Waals surface area contributed by atoms with Gasteiger partial charge in [0.2, 0.25) is 5.69 Å². The van der Waals surface area contributed by atoms with Gasteiger partial charge in [-0.1, -0.05) is 43.3 Å². The highest BCUT2D eigenvalue weighted by atomic mass is 14.9. The molecule has 0 saturated heterocycles. The Morgan fingerprint density at radius 3 is 2.88 bits per heavy atom. The summed E-state index contributed by atoms with van der Waals surface area (Å²) in [7, 11) is 1.77. The van der Waals surface area contributed by atoms with E-state index in [1.807, 2.05) is 31.2 Å². The second-order valence-corrected chi connectivity index (χ2v) is 6.75. The van der Waals surface area contributed by atoms with E-state index < -0.39 is 25.5 Å². The summed E-state index contributed by atoms with van der Waals surface area (Å²) < 4.78 is 62.1. The number of nitrogens with zero attached hydrogens (tertiary/aromatic N) is 1. The lowest BCUT2D eigenvalue weighted by Crippen LogP contribution is -2.38. The molecule has 3 aromatic rings. The van der Waals surface area contributed by atoms with Crippen molar-refractivity contribution >= 4 is 0 Å². The summed E-state index contributed by atoms with van der Waals surface area (Å²) in [6.45, 7) is -2.06. The maximum atomic E-state index is 9.34. The van der Waals surface area contributed by atoms with Gasteiger partial charge in [-0.05, 0) is 54.1 Å². The van der Waals surface area contributed by atoms with Gasteiger partial charge in [-0.25, -0.2) is 4.57 Å². The van der Waals surface area contributed by atoms with Gasteiger partial charge in [-0.2, -0.15) is 0 Å². The zero-order chi connectivity index (χ0) is 22.5. The van der Waals surface area contributed by atoms with Crippen molar-refractivity contribution in [2.75, 3.05) is 0 Å². The average molecular weight is 319 g/mol. The SMILES string of the molecule is [2H]C([2H])c1cc2c([n+](C)c1)-c1c(C)ccc3c1C(C([2H])([2H])[2H])(c1ccccc1-3)C2([2H])[2H]. The molecule has 118 valence electrons. The first kappa shape index (κ1) is 8.62. The minimum Gasteiger partial charge on any atom is -0.201 e. The number of hydrogen-bond acceptors (Lipinski definition) is 0. The minimum atomic E-state index is -2.67. The van der Waals surface area contributed by atoms with Crippen LogP contribution in [0.4, 0.5) is 0 Å². The van der Waals surface area contributed by atoms with Crippen molar-refractivity contribution in [1.82, 2.24) is 0 Å². The molecule has 1 unspecified atom stereocenters. The van der Waals surface area contributed by atoms with Crippen LogP contribution in [0.5, 0.6) is 0 Å². The van der Waals surface area contributed by atoms with Crippen LogP contribution >= 0.6 is 0 Å². The number of hydrogen-bond donors (Lipinski definition) is 0. The van der Waals surface area contributed by atoms with Crippen LogP contribution in [0.15, 0.2) is 48.7 Å². The topological polar surface area (TPSA) is 3.88 Å². The van der Waals surface area contributed by atoms with Crippen molar-refractivity contribution in [3.05, 3.63) is 76.5 Å². The Hall–Kier alpha value is -2.41. The van der Waals surface area contributed by atoms with Crippen LogP contribution in [0, 0.1) is 13.8 Å². The van der Waals surface area contributed by atoms with Crippen molar-refractivity contribution in [3.8, 4) is 22.4 Å². The van der Waals surface area contributed by atoms with Crippen LogP contribution in [0.2, 0.25) is 0 Å². The monoisotopic (exact) mass is 319 g/mol. The lowest BCUT2D eigenvalue weighted by molar-refractivity contribution is -0.661. The predicted octanol–water partition coefficient (Wildman–Crippen LogP) is 4.64. The molecule has 2 aromatic carbocycles. The molecule has 2 aliphatic carbocycles. The van der Waals surface area contributed by atoms with Gasteiger partial charge in [-0.15, -0.1) is 0 Å². The van der Waals surface area contributed by atoms with Crippen molar-refractivity contribution in [2.45, 2.75) is 32.4 Å². The molecule has 2 aliphatic rings. The van der Waals surface area contributed by atoms with Gasteiger partial charge in [0.05, 0.1) is 5.56 Å². The number of benzene rings is 2. The third-order valence-electron chi connectivity index (χ3n) is 5.23. The fourth-order valence-corrected chi connectivity index (χ4v) is 4.29. The molecule has 0 radical (unpaired) electrons. The number of aromatic nitrogens is 1. The van der Waals surface area contributed by atoms with E-state index in [0.29, 0.717) is 22.4 Å². The lowest BCUT2D eigenvalue weighted by atomic mass is 9.68. The number of pyridine rings is 1. The third kappa shape index (κ3) is 1.53. The van der Waals surface area contributed by atoms with E-state index in [4.69, 9.17) is 6.85 Å². The molecular formula is C23H22N+. The molecular weight excluding hydrogens is 290 g/mol. The van der Waals surface area contributed by atoms with E-state index in [-0.39, 0.29) is 5.56 Å². The molecule has 0 aliphatic heterocycles. The molecule has 0 spiro atoms. The second kappa shape index (κ2) is 4.36. The van der Waals surface area contributed by atoms with Gasteiger partial charge in [0.15, 0.2) is 6.20 Å². The quantitative estimate of drug-likeness (QED) is 0.532. The van der Waals surface area contributed by atoms with E-state index in [0.717, 1.165) is 22.3 Å². The fourth-order valence-electron chi connectivity index (χ4n) is 4.29. The fraction of sp³-hybridized carbons (Fsp3) is 0.261. The summed E-state index contributed by atoms with van der Waals surface area (Å²) in [4.78, 5) is 0. The van der Waals surface area contributed by atoms with Gasteiger partial charge < -0.3 is 0 Å². The third-order valence-corrected chi connectivity index (χ3v) is 5.23. The van der Waals surface area contributed by atoms with Crippen LogP contribution < -0.4 is 4.57 Å². The Morgan fingerprint density at radius 2 is 2.04 bits per heavy atom. The van der Waals surface area contributed by atoms with Crippen LogP contribution in [0.25, 0.3) is 22.4 Å². The van der Waals surface area contributed by atoms with E-state index >= 15 is 0 Å². The Morgan fingerprint density at radius 1 is 1.17 bits per heavy atom. The van der Waals surface area contributed by atoms with Crippen LogP contribution in [0.1, 0.15) is 44.3 Å². The summed E-state index contributed by atoms with van der Waals surface area (Å²) in [5, 5.41) is 0. The summed E-state index contributed by atoms with van der Waals surface area (Å²) in [6, 6.07) is 12.6. The molecule has 1 aromatic heterocycles. The zero-order valence-electron chi connectivity index (χ0n) is 20.6. The van der Waals surface area contributed by atoms with Gasteiger partial charge >= 0.3 is 0 Å². The highest BCUT2D eigenvalue weighted by molar-refractivity contribution is 5.90. The molecule has 0 bridgehead atoms. The Balaban J connectivity index is 2.07. The van der Waals surface area contributed by atoms with E-state index in [1.165, 1.54) is 6.07 Å². The highest BCUT2D eigenvalue weighted by Gasteiger charge is 2.47. The summed E-state index contributed by atoms with van der Waals surface area (Å²) in [5.74, 6) is 0. The first-order valence-electron chi connectivity index (χ1n) is 11.7. The molecule has 0 fully saturated rings. The highest BCUT2D eigenvalue weighted by Crippen LogP contribution is 2.57. The predicted molar refractivity (Wildman–Crippen MR) is 98.1 cm³/mol. The normalized spacial score (nSPS) is 26.7. The Bertz CT molecular complexity index is 1260. The van der Waals surface area contributed by atoms with Crippen molar-refractivity contribution < 1.29 is 14.2 Å². The van der Waals surface area contributed by atoms with Gasteiger partial charge in [0.25, 0.3) is 0 Å². The van der Waals surface area contributed by atoms with E-state index in [1.54, 1.807) is 29.9 Å². The van der Waals surface area contributed by atoms with E-state index in [9.17, 15) is 2.74 Å². The molecule has 5 rings (SSSR count). The Labute approximate surface area is 153 Å². The molecule has 24 heavy (non-hydrogen) atoms. The molecule has 1 heteroatoms. The first-order chi connectivity index (χ1) is 14.4. The maximum Gasteiger partial charge on any atom is 0.216 e. The Kier molecular flexibility index (Phi) is 1.56. The second-order valence-electron chi connectivity index (χ2n) is 6.75. The van der Waals surface area contributed by atoms with Crippen LogP contribution in [0.3, 0.4) is 0 Å². The van der Waals surface area contributed by atoms with Gasteiger partial charge in [0.1, 0.15) is 7.05 Å². The maximum absolute atomic E-state index is 9.34. The minimum absolute atomic E-state index is 0.220. The zero-order valence-corrected chi connectivity index (χ0v) is 13.6. The van der Waals surface area contributed by atoms with Gasteiger partial charge in [-0.3, -0.25) is 0 Å². The van der Waals surface area contributed by atoms with Crippen molar-refractivity contribution in [2.24, 2.45) is 7.05 Å². The number of aryl methyl sites for hydroxylation is 3. The smallest absolute Gasteiger partial charge is 0.201 e. The average Bonchev–Trinajstić information content (AvgIpc) is 2.99. The molecule has 0 amide bonds. The number of fused-ring (bicyclic) bond motifs is 5. The summed E-state index contributed by atoms with van der Waals surface area (Å²) >= 11 is 0. The standard InChI is InChI=1S/C23H22N/c1-14-11-16-12-23(3)19-8-6-5-7-17(19)18-10-9-15(2)20(21(18)23)22(16)24(4)13-14/h5-11,13H,12H2,1-4H3/q+1/i1D2,3D3,12D2. The molecule has 1 nitrogen and oxygen atoms in total. The molecule has 1 heterocycles. The molecule has 0 N–H and O–H groups in total. The number of rotatable bonds is 0. The van der Waals surface area contributed by atoms with Crippen molar-refractivity contribution in [3.63, 3.8) is 0 Å². The largest absolute Gasteiger partial charge is 0.216 e. The van der Waals surface area contributed by atoms with Crippen LogP contribution in [-0.4, -0.2) is 0 Å². The summed E-state index contributed by atoms with van der Waals surface area (Å²) in [5.41, 5.74) is 3.35. The lowest BCUT2D eigenvalue weighted by Gasteiger charge is -2.34. The van der Waals surface area contributed by atoms with Crippen molar-refractivity contribution in [1.29, 1.82) is 0 Å². The first-order valence-corrected chi connectivity index (χ1v) is 8.07. The molecule has 0 saturated carbocycles. The van der Waals surface area contributed by atoms with Gasteiger partial charge in [0, 0.05) is 26.1 Å². The van der Waals surface area contributed by atoms with Crippen LogP contribution in [-0.2, 0) is 18.8 Å². The summed E-state index contributed by atoms with van der Waals surface area (Å²) in [6.07, 6.45) is -0.624. The van der Waals surface area contributed by atoms with E-state index in [2.05, 4.69) is 0 Å². The molecule has 1 atom stereocenters.